The number of carbonyl (C=O) groups excluding carboxylic acids is 2. The van der Waals surface area contributed by atoms with Crippen molar-refractivity contribution in [2.24, 2.45) is 0 Å². The number of pyridine rings is 1. The fourth-order valence-corrected chi connectivity index (χ4v) is 3.95. The number of nitrogens with zero attached hydrogens (tertiary/aromatic N) is 2. The Balaban J connectivity index is 1.41. The van der Waals surface area contributed by atoms with Gasteiger partial charge in [-0.05, 0) is 43.7 Å². The number of nitrogens with one attached hydrogen (secondary N) is 1. The van der Waals surface area contributed by atoms with E-state index < -0.39 is 0 Å². The van der Waals surface area contributed by atoms with Gasteiger partial charge in [-0.15, -0.1) is 0 Å². The Hall–Kier alpha value is -2.15. The van der Waals surface area contributed by atoms with Crippen LogP contribution in [0.4, 0.5) is 0 Å². The van der Waals surface area contributed by atoms with Gasteiger partial charge in [0, 0.05) is 38.5 Å². The molecule has 0 bridgehead atoms. The zero-order chi connectivity index (χ0) is 17.4. The summed E-state index contributed by atoms with van der Waals surface area (Å²) in [4.78, 5) is 43.6. The Kier molecular flexibility index (Phi) is 4.33. The highest BCUT2D eigenvalue weighted by atomic mass is 16.5. The third kappa shape index (κ3) is 3.08. The first-order chi connectivity index (χ1) is 12.1. The normalized spacial score (nSPS) is 23.0. The lowest BCUT2D eigenvalue weighted by Gasteiger charge is -2.35. The van der Waals surface area contributed by atoms with Crippen LogP contribution in [0.2, 0.25) is 0 Å². The van der Waals surface area contributed by atoms with Gasteiger partial charge in [-0.25, -0.2) is 0 Å². The third-order valence-electron chi connectivity index (χ3n) is 5.40. The number of hydrogen-bond acceptors (Lipinski definition) is 4. The lowest BCUT2D eigenvalue weighted by Crippen LogP contribution is -2.53. The summed E-state index contributed by atoms with van der Waals surface area (Å²) in [7, 11) is 0. The molecule has 25 heavy (non-hydrogen) atoms. The topological polar surface area (TPSA) is 82.7 Å². The van der Waals surface area contributed by atoms with Crippen LogP contribution in [0.5, 0.6) is 0 Å². The average Bonchev–Trinajstić information content (AvgIpc) is 3.31. The summed E-state index contributed by atoms with van der Waals surface area (Å²) in [5, 5.41) is 0. The first kappa shape index (κ1) is 16.3. The highest BCUT2D eigenvalue weighted by Gasteiger charge is 2.32. The van der Waals surface area contributed by atoms with Crippen molar-refractivity contribution in [1.29, 1.82) is 0 Å². The number of piperazine rings is 1. The zero-order valence-corrected chi connectivity index (χ0v) is 14.3. The van der Waals surface area contributed by atoms with Crippen LogP contribution in [0, 0.1) is 0 Å². The quantitative estimate of drug-likeness (QED) is 0.837. The first-order valence-electron chi connectivity index (χ1n) is 9.08. The molecule has 3 aliphatic rings. The molecule has 2 aliphatic heterocycles. The van der Waals surface area contributed by atoms with Crippen LogP contribution < -0.4 is 5.56 Å². The number of amides is 2. The highest BCUT2D eigenvalue weighted by molar-refractivity contribution is 5.94. The van der Waals surface area contributed by atoms with E-state index in [1.165, 1.54) is 0 Å². The van der Waals surface area contributed by atoms with E-state index in [4.69, 9.17) is 4.74 Å². The number of rotatable bonds is 2. The third-order valence-corrected chi connectivity index (χ3v) is 5.40. The number of aromatic amines is 1. The minimum absolute atomic E-state index is 0.0278. The Morgan fingerprint density at radius 2 is 1.84 bits per heavy atom. The SMILES string of the molecule is O=C(c1cc2c([nH]c1=O)CCC2)N1CCN(C(=O)C2CCCO2)CC1. The van der Waals surface area contributed by atoms with Crippen molar-refractivity contribution in [3.05, 3.63) is 33.2 Å². The number of carbonyl (C=O) groups is 2. The highest BCUT2D eigenvalue weighted by Crippen LogP contribution is 2.20. The van der Waals surface area contributed by atoms with Gasteiger partial charge in [-0.3, -0.25) is 14.4 Å². The molecule has 7 nitrogen and oxygen atoms in total. The lowest BCUT2D eigenvalue weighted by molar-refractivity contribution is -0.142. The smallest absolute Gasteiger partial charge is 0.261 e. The van der Waals surface area contributed by atoms with Gasteiger partial charge in [0.1, 0.15) is 11.7 Å². The Labute approximate surface area is 145 Å². The summed E-state index contributed by atoms with van der Waals surface area (Å²) in [6.45, 7) is 2.54. The number of fused-ring (bicyclic) bond motifs is 1. The van der Waals surface area contributed by atoms with Gasteiger partial charge in [0.15, 0.2) is 0 Å². The molecule has 1 atom stereocenters. The van der Waals surface area contributed by atoms with Gasteiger partial charge in [0.05, 0.1) is 0 Å². The summed E-state index contributed by atoms with van der Waals surface area (Å²) in [6.07, 6.45) is 4.20. The van der Waals surface area contributed by atoms with E-state index in [-0.39, 0.29) is 29.0 Å². The van der Waals surface area contributed by atoms with Crippen molar-refractivity contribution in [3.8, 4) is 0 Å². The van der Waals surface area contributed by atoms with Gasteiger partial charge in [0.25, 0.3) is 17.4 Å². The molecule has 1 aliphatic carbocycles. The van der Waals surface area contributed by atoms with Crippen molar-refractivity contribution < 1.29 is 14.3 Å². The van der Waals surface area contributed by atoms with Gasteiger partial charge in [-0.2, -0.15) is 0 Å². The predicted octanol–water partition coefficient (Wildman–Crippen LogP) is 0.327. The zero-order valence-electron chi connectivity index (χ0n) is 14.3. The summed E-state index contributed by atoms with van der Waals surface area (Å²) in [5.74, 6) is -0.208. The number of ether oxygens (including phenoxy) is 1. The van der Waals surface area contributed by atoms with E-state index in [2.05, 4.69) is 4.98 Å². The molecule has 134 valence electrons. The number of aryl methyl sites for hydroxylation is 2. The van der Waals surface area contributed by atoms with E-state index in [1.807, 2.05) is 0 Å². The Morgan fingerprint density at radius 1 is 1.08 bits per heavy atom. The largest absolute Gasteiger partial charge is 0.368 e. The maximum atomic E-state index is 12.7. The minimum atomic E-state index is -0.318. The van der Waals surface area contributed by atoms with E-state index in [1.54, 1.807) is 15.9 Å². The molecule has 4 rings (SSSR count). The molecule has 0 saturated carbocycles. The molecule has 2 fully saturated rings. The lowest BCUT2D eigenvalue weighted by atomic mass is 10.1. The maximum Gasteiger partial charge on any atom is 0.261 e. The number of hydrogen-bond donors (Lipinski definition) is 1. The second-order valence-electron chi connectivity index (χ2n) is 6.99. The minimum Gasteiger partial charge on any atom is -0.368 e. The summed E-state index contributed by atoms with van der Waals surface area (Å²) < 4.78 is 5.45. The fourth-order valence-electron chi connectivity index (χ4n) is 3.95. The molecule has 0 spiro atoms. The van der Waals surface area contributed by atoms with E-state index in [9.17, 15) is 14.4 Å². The second kappa shape index (κ2) is 6.63. The molecular formula is C18H23N3O4. The van der Waals surface area contributed by atoms with Crippen LogP contribution in [0.15, 0.2) is 10.9 Å². The van der Waals surface area contributed by atoms with Crippen molar-refractivity contribution in [1.82, 2.24) is 14.8 Å². The maximum absolute atomic E-state index is 12.7. The molecule has 0 radical (unpaired) electrons. The predicted molar refractivity (Wildman–Crippen MR) is 90.5 cm³/mol. The Bertz CT molecular complexity index is 743. The molecule has 2 amide bonds. The van der Waals surface area contributed by atoms with Crippen molar-refractivity contribution in [3.63, 3.8) is 0 Å². The molecule has 2 saturated heterocycles. The van der Waals surface area contributed by atoms with E-state index >= 15 is 0 Å². The summed E-state index contributed by atoms with van der Waals surface area (Å²) in [6, 6.07) is 1.76. The molecule has 3 heterocycles. The monoisotopic (exact) mass is 345 g/mol. The first-order valence-corrected chi connectivity index (χ1v) is 9.08. The standard InChI is InChI=1S/C18H23N3O4/c22-16-13(11-12-3-1-4-14(12)19-16)17(23)20-6-8-21(9-7-20)18(24)15-5-2-10-25-15/h11,15H,1-10H2,(H,19,22). The van der Waals surface area contributed by atoms with Crippen molar-refractivity contribution >= 4 is 11.8 Å². The molecule has 1 aromatic heterocycles. The van der Waals surface area contributed by atoms with Crippen LogP contribution in [-0.2, 0) is 22.4 Å². The molecular weight excluding hydrogens is 322 g/mol. The second-order valence-corrected chi connectivity index (χ2v) is 6.99. The Morgan fingerprint density at radius 3 is 2.56 bits per heavy atom. The van der Waals surface area contributed by atoms with Crippen LogP contribution in [-0.4, -0.2) is 65.5 Å². The van der Waals surface area contributed by atoms with Gasteiger partial charge in [0.2, 0.25) is 0 Å². The molecule has 7 heteroatoms. The van der Waals surface area contributed by atoms with Gasteiger partial charge < -0.3 is 19.5 Å². The summed E-state index contributed by atoms with van der Waals surface area (Å²) >= 11 is 0. The van der Waals surface area contributed by atoms with Crippen LogP contribution in [0.25, 0.3) is 0 Å². The van der Waals surface area contributed by atoms with Crippen LogP contribution in [0.3, 0.4) is 0 Å². The van der Waals surface area contributed by atoms with Crippen molar-refractivity contribution in [2.75, 3.05) is 32.8 Å². The average molecular weight is 345 g/mol. The number of aromatic nitrogens is 1. The van der Waals surface area contributed by atoms with Gasteiger partial charge in [-0.1, -0.05) is 0 Å². The van der Waals surface area contributed by atoms with Crippen LogP contribution in [0.1, 0.15) is 40.9 Å². The van der Waals surface area contributed by atoms with E-state index in [0.29, 0.717) is 32.8 Å². The van der Waals surface area contributed by atoms with Crippen LogP contribution >= 0.6 is 0 Å². The molecule has 1 unspecified atom stereocenters. The summed E-state index contributed by atoms with van der Waals surface area (Å²) in [5.41, 5.74) is 1.96. The molecule has 1 aromatic rings. The van der Waals surface area contributed by atoms with E-state index in [0.717, 1.165) is 43.4 Å². The molecule has 1 N–H and O–H groups in total. The van der Waals surface area contributed by atoms with Crippen molar-refractivity contribution in [2.45, 2.75) is 38.2 Å². The molecule has 0 aromatic carbocycles. The van der Waals surface area contributed by atoms with Gasteiger partial charge >= 0.3 is 0 Å². The number of H-pyrrole nitrogens is 1. The fraction of sp³-hybridized carbons (Fsp3) is 0.611.